The molecule has 8 nitrogen and oxygen atoms in total. The van der Waals surface area contributed by atoms with Crippen LogP contribution in [0.4, 0.5) is 91.7 Å². The summed E-state index contributed by atoms with van der Waals surface area (Å²) >= 11 is 5.37. The van der Waals surface area contributed by atoms with Crippen molar-refractivity contribution in [2.75, 3.05) is 11.5 Å². The first kappa shape index (κ1) is 58.1. The van der Waals surface area contributed by atoms with Gasteiger partial charge < -0.3 is 24.3 Å². The summed E-state index contributed by atoms with van der Waals surface area (Å²) in [7, 11) is 0. The van der Waals surface area contributed by atoms with Crippen LogP contribution in [0, 0.1) is 22.7 Å². The summed E-state index contributed by atoms with van der Waals surface area (Å²) < 4.78 is 247. The van der Waals surface area contributed by atoms with E-state index in [2.05, 4.69) is 9.47 Å². The first-order valence-electron chi connectivity index (χ1n) is 20.2. The van der Waals surface area contributed by atoms with Crippen molar-refractivity contribution < 1.29 is 98.8 Å². The van der Waals surface area contributed by atoms with Gasteiger partial charge in [-0.2, -0.15) is 85.2 Å². The minimum Gasteiger partial charge on any atom is -0.499 e. The lowest BCUT2D eigenvalue weighted by atomic mass is 9.89. The number of anilines is 3. The minimum atomic E-state index is -8.75. The zero-order valence-electron chi connectivity index (χ0n) is 36.9. The summed E-state index contributed by atoms with van der Waals surface area (Å²) in [4.78, 5) is 23.1. The molecular formula is C47H24F17N3O5S4. The number of rotatable bonds is 18. The Balaban J connectivity index is 0.00000463. The van der Waals surface area contributed by atoms with Gasteiger partial charge in [0.15, 0.2) is 12.4 Å². The first-order valence-corrected chi connectivity index (χ1v) is 23.4. The summed E-state index contributed by atoms with van der Waals surface area (Å²) in [5.41, 5.74) is 2.38. The Kier molecular flexibility index (Phi) is 16.1. The highest BCUT2D eigenvalue weighted by Crippen LogP contribution is 2.64. The Hall–Kier alpha value is -7.21. The molecule has 4 aromatic heterocycles. The number of allylic oxidation sites excluding steroid dienone is 2. The van der Waals surface area contributed by atoms with Crippen molar-refractivity contribution in [1.82, 2.24) is 0 Å². The molecule has 0 saturated carbocycles. The van der Waals surface area contributed by atoms with Gasteiger partial charge in [0.2, 0.25) is 5.76 Å². The largest absolute Gasteiger partial charge is 0.499 e. The molecule has 3 aromatic carbocycles. The van der Waals surface area contributed by atoms with Crippen LogP contribution in [-0.4, -0.2) is 72.6 Å². The molecule has 76 heavy (non-hydrogen) atoms. The van der Waals surface area contributed by atoms with Gasteiger partial charge in [0.25, 0.3) is 6.47 Å². The number of aliphatic hydroxyl groups excluding tert-OH is 1. The molecule has 7 aromatic rings. The average molecular weight is 1160 g/mol. The number of benzene rings is 3. The minimum absolute atomic E-state index is 0.111. The fourth-order valence-corrected chi connectivity index (χ4v) is 11.4. The number of alkyl halides is 17. The fraction of sp³-hybridized carbons (Fsp3) is 0.191. The molecule has 1 N–H and O–H groups in total. The van der Waals surface area contributed by atoms with E-state index >= 15 is 0 Å². The molecule has 0 aliphatic heterocycles. The highest BCUT2D eigenvalue weighted by atomic mass is 32.1. The van der Waals surface area contributed by atoms with Crippen molar-refractivity contribution in [2.45, 2.75) is 47.6 Å². The lowest BCUT2D eigenvalue weighted by Crippen LogP contribution is -2.74. The zero-order chi connectivity index (χ0) is 56.6. The van der Waals surface area contributed by atoms with Crippen LogP contribution in [0.2, 0.25) is 0 Å². The number of thiophene rings is 4. The van der Waals surface area contributed by atoms with E-state index < -0.39 is 65.7 Å². The van der Waals surface area contributed by atoms with E-state index in [1.54, 1.807) is 77.7 Å². The van der Waals surface area contributed by atoms with E-state index in [0.717, 1.165) is 52.8 Å². The van der Waals surface area contributed by atoms with Crippen molar-refractivity contribution in [1.29, 1.82) is 10.5 Å². The predicted octanol–water partition coefficient (Wildman–Crippen LogP) is 16.7. The normalized spacial score (nSPS) is 13.5. The summed E-state index contributed by atoms with van der Waals surface area (Å²) in [5, 5.41) is 27.7. The van der Waals surface area contributed by atoms with E-state index in [1.807, 2.05) is 18.9 Å². The van der Waals surface area contributed by atoms with Crippen LogP contribution in [0.1, 0.15) is 9.75 Å². The smallest absolute Gasteiger partial charge is 0.460 e. The van der Waals surface area contributed by atoms with Crippen LogP contribution < -0.4 is 9.64 Å². The third-order valence-corrected chi connectivity index (χ3v) is 15.1. The summed E-state index contributed by atoms with van der Waals surface area (Å²) in [5.74, 6) is -59.1. The van der Waals surface area contributed by atoms with E-state index in [9.17, 15) is 89.8 Å². The van der Waals surface area contributed by atoms with Gasteiger partial charge in [0.1, 0.15) is 24.7 Å². The number of carbonyl (C=O) groups is 2. The molecule has 0 fully saturated rings. The summed E-state index contributed by atoms with van der Waals surface area (Å²) in [6.45, 7) is -0.994. The molecule has 0 aliphatic carbocycles. The Morgan fingerprint density at radius 3 is 1.30 bits per heavy atom. The van der Waals surface area contributed by atoms with Crippen molar-refractivity contribution in [2.24, 2.45) is 0 Å². The molecule has 400 valence electrons. The number of nitriles is 2. The van der Waals surface area contributed by atoms with Crippen LogP contribution in [0.15, 0.2) is 109 Å². The Bertz CT molecular complexity index is 3320. The Morgan fingerprint density at radius 1 is 0.539 bits per heavy atom. The summed E-state index contributed by atoms with van der Waals surface area (Å²) in [6.07, 6.45) is -5.17. The van der Waals surface area contributed by atoms with Gasteiger partial charge in [-0.1, -0.05) is 24.3 Å². The molecule has 4 heterocycles. The third kappa shape index (κ3) is 10.4. The highest BCUT2D eigenvalue weighted by Gasteiger charge is 2.95. The van der Waals surface area contributed by atoms with Crippen LogP contribution >= 0.6 is 45.3 Å². The van der Waals surface area contributed by atoms with Gasteiger partial charge in [-0.3, -0.25) is 4.79 Å². The predicted molar refractivity (Wildman–Crippen MR) is 249 cm³/mol. The average Bonchev–Trinajstić information content (AvgIpc) is 4.16. The molecule has 29 heteroatoms. The van der Waals surface area contributed by atoms with Crippen molar-refractivity contribution in [3.05, 3.63) is 118 Å². The zero-order valence-corrected chi connectivity index (χ0v) is 40.1. The van der Waals surface area contributed by atoms with Gasteiger partial charge in [-0.15, -0.1) is 45.3 Å². The molecule has 0 amide bonds. The molecule has 0 aliphatic rings. The topological polar surface area (TPSA) is 124 Å². The van der Waals surface area contributed by atoms with Crippen molar-refractivity contribution >= 4 is 107 Å². The number of hydrogen-bond acceptors (Lipinski definition) is 12. The van der Waals surface area contributed by atoms with Gasteiger partial charge >= 0.3 is 47.6 Å². The first-order chi connectivity index (χ1) is 35.3. The lowest BCUT2D eigenvalue weighted by Gasteiger charge is -2.42. The number of halogens is 17. The summed E-state index contributed by atoms with van der Waals surface area (Å²) in [6, 6.07) is 27.8. The second-order valence-electron chi connectivity index (χ2n) is 15.3. The number of nitrogens with zero attached hydrogens (tertiary/aromatic N) is 3. The highest BCUT2D eigenvalue weighted by molar-refractivity contribution is 7.30. The van der Waals surface area contributed by atoms with Crippen molar-refractivity contribution in [3.8, 4) is 38.8 Å². The number of fused-ring (bicyclic) bond motifs is 2. The molecule has 0 spiro atoms. The van der Waals surface area contributed by atoms with Gasteiger partial charge in [-0.25, -0.2) is 0 Å². The number of ether oxygens (including phenoxy) is 2. The van der Waals surface area contributed by atoms with Crippen LogP contribution in [-0.2, 0) is 14.3 Å². The van der Waals surface area contributed by atoms with Crippen molar-refractivity contribution in [3.63, 3.8) is 0 Å². The van der Waals surface area contributed by atoms with Crippen LogP contribution in [0.25, 0.3) is 51.8 Å². The molecule has 7 rings (SSSR count). The SMILES string of the molecule is C=O.N#C/C(O)=C\c1cc2sc(-c3ccc(N(c4ccc(OCC(F)(F)C(F)(F)C(F)(F)C(F)(F)C(F)(F)C(F)(F)C(F)(F)C(F)(F)F)cc4)c4ccc(-c5cc6sc(/C=C(\C#N)OC=O)cc6s5)cc4)cc3)cc2s1. The molecule has 0 radical (unpaired) electrons. The standard InChI is InChI=1S/C46H22F17N3O4S4.CH2O/c47-39(48,40(49,50)41(51,52)42(53,54)43(55,56)44(57,58)45(59,60)46(61,62)63)21-69-29-11-9-27(10-12-29)66(25-5-1-23(2-6-25)33-17-37-35(73-33)15-31(71-37)13-28(68)19-64)26-7-3-24(4-8-26)34-18-38-36(74-34)16-32(72-38)14-30(20-65)70-22-67;1-2/h1-18,22,68H,21H2;1H2/b28-13+,30-14+;. The fourth-order valence-electron chi connectivity index (χ4n) is 6.73. The van der Waals surface area contributed by atoms with E-state index in [-0.39, 0.29) is 17.9 Å². The quantitative estimate of drug-likeness (QED) is 0.0296. The van der Waals surface area contributed by atoms with E-state index in [4.69, 9.17) is 10.1 Å². The van der Waals surface area contributed by atoms with E-state index in [0.29, 0.717) is 32.3 Å². The maximum atomic E-state index is 14.7. The third-order valence-electron chi connectivity index (χ3n) is 10.5. The lowest BCUT2D eigenvalue weighted by molar-refractivity contribution is -0.462. The molecule has 0 atom stereocenters. The Labute approximate surface area is 430 Å². The van der Waals surface area contributed by atoms with Crippen LogP contribution in [0.5, 0.6) is 5.75 Å². The second kappa shape index (κ2) is 21.1. The van der Waals surface area contributed by atoms with Gasteiger partial charge in [-0.05, 0) is 83.9 Å². The second-order valence-corrected chi connectivity index (χ2v) is 19.7. The maximum absolute atomic E-state index is 14.7. The van der Waals surface area contributed by atoms with Crippen LogP contribution in [0.3, 0.4) is 0 Å². The number of carbonyl (C=O) groups excluding carboxylic acids is 2. The van der Waals surface area contributed by atoms with E-state index in [1.165, 1.54) is 57.5 Å². The Morgan fingerprint density at radius 2 is 0.921 bits per heavy atom. The molecule has 0 bridgehead atoms. The van der Waals surface area contributed by atoms with Gasteiger partial charge in [0, 0.05) is 67.5 Å². The molecule has 0 unspecified atom stereocenters. The van der Waals surface area contributed by atoms with Gasteiger partial charge in [0.05, 0.1) is 0 Å². The molecular weight excluding hydrogens is 1140 g/mol. The number of aliphatic hydroxyl groups is 1. The molecule has 0 saturated heterocycles. The monoisotopic (exact) mass is 1160 g/mol. The maximum Gasteiger partial charge on any atom is 0.460 e. The number of hydrogen-bond donors (Lipinski definition) is 1.